The number of hydrogen-bond donors (Lipinski definition) is 0. The topological polar surface area (TPSA) is 41.9 Å². The first-order chi connectivity index (χ1) is 12.3. The number of halogens is 1. The highest BCUT2D eigenvalue weighted by molar-refractivity contribution is 5.68. The molecule has 0 radical (unpaired) electrons. The van der Waals surface area contributed by atoms with Gasteiger partial charge in [-0.2, -0.15) is 5.10 Å². The molecule has 25 heavy (non-hydrogen) atoms. The molecule has 4 rings (SSSR count). The van der Waals surface area contributed by atoms with Gasteiger partial charge in [0, 0.05) is 18.7 Å². The first-order valence-electron chi connectivity index (χ1n) is 8.25. The van der Waals surface area contributed by atoms with E-state index in [1.807, 2.05) is 12.1 Å². The Hall–Kier alpha value is -3.08. The molecule has 0 saturated heterocycles. The summed E-state index contributed by atoms with van der Waals surface area (Å²) in [5.41, 5.74) is 3.93. The van der Waals surface area contributed by atoms with Crippen molar-refractivity contribution in [1.82, 2.24) is 15.2 Å². The van der Waals surface area contributed by atoms with Crippen LogP contribution in [-0.2, 0) is 0 Å². The van der Waals surface area contributed by atoms with E-state index in [-0.39, 0.29) is 5.82 Å². The second kappa shape index (κ2) is 6.81. The van der Waals surface area contributed by atoms with Crippen LogP contribution in [0, 0.1) is 5.82 Å². The average molecular weight is 332 g/mol. The van der Waals surface area contributed by atoms with Gasteiger partial charge in [0.1, 0.15) is 5.82 Å². The van der Waals surface area contributed by atoms with Crippen LogP contribution in [0.5, 0.6) is 0 Å². The Bertz CT molecular complexity index is 908. The van der Waals surface area contributed by atoms with Gasteiger partial charge >= 0.3 is 0 Å². The molecule has 0 unspecified atom stereocenters. The molecule has 0 aliphatic carbocycles. The first kappa shape index (κ1) is 15.4. The molecule has 0 fully saturated rings. The van der Waals surface area contributed by atoms with E-state index in [9.17, 15) is 4.39 Å². The number of anilines is 1. The summed E-state index contributed by atoms with van der Waals surface area (Å²) in [5.74, 6) is 0.288. The monoisotopic (exact) mass is 332 g/mol. The third-order valence-corrected chi connectivity index (χ3v) is 4.30. The Morgan fingerprint density at radius 2 is 1.80 bits per heavy atom. The van der Waals surface area contributed by atoms with Gasteiger partial charge in [-0.3, -0.25) is 0 Å². The Labute approximate surface area is 145 Å². The van der Waals surface area contributed by atoms with E-state index in [4.69, 9.17) is 0 Å². The fourth-order valence-electron chi connectivity index (χ4n) is 2.98. The highest BCUT2D eigenvalue weighted by atomic mass is 19.1. The van der Waals surface area contributed by atoms with Crippen molar-refractivity contribution in [2.45, 2.75) is 6.42 Å². The minimum atomic E-state index is -0.286. The Morgan fingerprint density at radius 1 is 0.960 bits per heavy atom. The van der Waals surface area contributed by atoms with Gasteiger partial charge in [0.15, 0.2) is 0 Å². The van der Waals surface area contributed by atoms with Crippen LogP contribution in [0.15, 0.2) is 66.9 Å². The normalized spacial score (nSPS) is 14.3. The van der Waals surface area contributed by atoms with Crippen LogP contribution in [0.1, 0.15) is 12.0 Å². The molecule has 5 heteroatoms. The average Bonchev–Trinajstić information content (AvgIpc) is 2.69. The largest absolute Gasteiger partial charge is 0.335 e. The van der Waals surface area contributed by atoms with Crippen LogP contribution in [0.3, 0.4) is 0 Å². The van der Waals surface area contributed by atoms with Gasteiger partial charge in [-0.1, -0.05) is 48.5 Å². The standard InChI is InChI=1S/C20H17FN4/c21-18-8-4-7-17(13-18)19-14-22-24-20(23-19)25-11-9-16(10-12-25)15-5-2-1-3-6-15/h1-9,13-14H,10-12H2. The smallest absolute Gasteiger partial charge is 0.246 e. The minimum absolute atomic E-state index is 0.286. The maximum absolute atomic E-state index is 13.4. The quantitative estimate of drug-likeness (QED) is 0.728. The number of nitrogens with zero attached hydrogens (tertiary/aromatic N) is 4. The van der Waals surface area contributed by atoms with Gasteiger partial charge < -0.3 is 4.90 Å². The van der Waals surface area contributed by atoms with Gasteiger partial charge in [-0.25, -0.2) is 9.37 Å². The summed E-state index contributed by atoms with van der Waals surface area (Å²) in [5, 5.41) is 8.20. The number of hydrogen-bond acceptors (Lipinski definition) is 4. The van der Waals surface area contributed by atoms with Gasteiger partial charge in [0.05, 0.1) is 11.9 Å². The molecule has 2 heterocycles. The zero-order chi connectivity index (χ0) is 17.1. The van der Waals surface area contributed by atoms with Crippen molar-refractivity contribution in [3.05, 3.63) is 78.3 Å². The lowest BCUT2D eigenvalue weighted by atomic mass is 10.00. The molecule has 0 bridgehead atoms. The highest BCUT2D eigenvalue weighted by Gasteiger charge is 2.16. The Morgan fingerprint density at radius 3 is 2.56 bits per heavy atom. The van der Waals surface area contributed by atoms with E-state index in [1.165, 1.54) is 23.3 Å². The fourth-order valence-corrected chi connectivity index (χ4v) is 2.98. The van der Waals surface area contributed by atoms with Crippen LogP contribution in [0.2, 0.25) is 0 Å². The lowest BCUT2D eigenvalue weighted by molar-refractivity contribution is 0.628. The second-order valence-corrected chi connectivity index (χ2v) is 5.94. The van der Waals surface area contributed by atoms with Gasteiger partial charge in [-0.15, -0.1) is 5.10 Å². The van der Waals surface area contributed by atoms with Crippen molar-refractivity contribution in [2.24, 2.45) is 0 Å². The van der Waals surface area contributed by atoms with Gasteiger partial charge in [-0.05, 0) is 29.7 Å². The SMILES string of the molecule is Fc1cccc(-c2cnnc(N3CC=C(c4ccccc4)CC3)n2)c1. The van der Waals surface area contributed by atoms with E-state index in [2.05, 4.69) is 50.4 Å². The summed E-state index contributed by atoms with van der Waals surface area (Å²) in [6, 6.07) is 16.8. The molecule has 124 valence electrons. The molecule has 0 N–H and O–H groups in total. The molecule has 1 aliphatic rings. The molecule has 0 atom stereocenters. The molecular weight excluding hydrogens is 315 g/mol. The van der Waals surface area contributed by atoms with Crippen molar-refractivity contribution in [2.75, 3.05) is 18.0 Å². The first-order valence-corrected chi connectivity index (χ1v) is 8.25. The summed E-state index contributed by atoms with van der Waals surface area (Å²) in [7, 11) is 0. The molecule has 0 spiro atoms. The molecule has 0 amide bonds. The predicted molar refractivity (Wildman–Crippen MR) is 96.5 cm³/mol. The zero-order valence-electron chi connectivity index (χ0n) is 13.6. The number of rotatable bonds is 3. The lowest BCUT2D eigenvalue weighted by Gasteiger charge is -2.26. The van der Waals surface area contributed by atoms with Crippen LogP contribution < -0.4 is 4.90 Å². The summed E-state index contributed by atoms with van der Waals surface area (Å²) in [6.45, 7) is 1.56. The number of aromatic nitrogens is 3. The minimum Gasteiger partial charge on any atom is -0.335 e. The third kappa shape index (κ3) is 3.40. The molecule has 1 aliphatic heterocycles. The van der Waals surface area contributed by atoms with Crippen molar-refractivity contribution in [3.63, 3.8) is 0 Å². The van der Waals surface area contributed by atoms with E-state index in [0.29, 0.717) is 17.2 Å². The lowest BCUT2D eigenvalue weighted by Crippen LogP contribution is -2.30. The van der Waals surface area contributed by atoms with Crippen molar-refractivity contribution < 1.29 is 4.39 Å². The summed E-state index contributed by atoms with van der Waals surface area (Å²) >= 11 is 0. The van der Waals surface area contributed by atoms with Crippen LogP contribution >= 0.6 is 0 Å². The van der Waals surface area contributed by atoms with E-state index >= 15 is 0 Å². The van der Waals surface area contributed by atoms with Crippen LogP contribution in [0.4, 0.5) is 10.3 Å². The van der Waals surface area contributed by atoms with E-state index in [1.54, 1.807) is 12.3 Å². The van der Waals surface area contributed by atoms with E-state index < -0.39 is 0 Å². The molecular formula is C20H17FN4. The Balaban J connectivity index is 1.56. The van der Waals surface area contributed by atoms with Gasteiger partial charge in [0.2, 0.25) is 5.95 Å². The second-order valence-electron chi connectivity index (χ2n) is 5.94. The van der Waals surface area contributed by atoms with Crippen LogP contribution in [0.25, 0.3) is 16.8 Å². The Kier molecular flexibility index (Phi) is 4.21. The molecule has 1 aromatic heterocycles. The van der Waals surface area contributed by atoms with Crippen molar-refractivity contribution >= 4 is 11.5 Å². The highest BCUT2D eigenvalue weighted by Crippen LogP contribution is 2.25. The summed E-state index contributed by atoms with van der Waals surface area (Å²) in [4.78, 5) is 6.65. The van der Waals surface area contributed by atoms with Crippen LogP contribution in [-0.4, -0.2) is 28.3 Å². The van der Waals surface area contributed by atoms with Crippen molar-refractivity contribution in [1.29, 1.82) is 0 Å². The molecule has 2 aromatic carbocycles. The summed E-state index contributed by atoms with van der Waals surface area (Å²) < 4.78 is 13.4. The zero-order valence-corrected chi connectivity index (χ0v) is 13.6. The summed E-state index contributed by atoms with van der Waals surface area (Å²) in [6.07, 6.45) is 4.70. The van der Waals surface area contributed by atoms with E-state index in [0.717, 1.165) is 19.5 Å². The third-order valence-electron chi connectivity index (χ3n) is 4.30. The molecule has 0 saturated carbocycles. The van der Waals surface area contributed by atoms with Gasteiger partial charge in [0.25, 0.3) is 0 Å². The predicted octanol–water partition coefficient (Wildman–Crippen LogP) is 3.97. The number of benzene rings is 2. The fraction of sp³-hybridized carbons (Fsp3) is 0.150. The maximum atomic E-state index is 13.4. The van der Waals surface area contributed by atoms with Crippen molar-refractivity contribution in [3.8, 4) is 11.3 Å². The maximum Gasteiger partial charge on any atom is 0.246 e. The molecule has 3 aromatic rings. The molecule has 4 nitrogen and oxygen atoms in total.